The molecule has 0 spiro atoms. The van der Waals surface area contributed by atoms with Crippen LogP contribution in [0.1, 0.15) is 40.2 Å². The molecule has 6 rings (SSSR count). The molecule has 10 nitrogen and oxygen atoms in total. The fraction of sp³-hybridized carbons (Fsp3) is 0.321. The Bertz CT molecular complexity index is 1350. The van der Waals surface area contributed by atoms with Gasteiger partial charge in [0.05, 0.1) is 19.1 Å². The van der Waals surface area contributed by atoms with Gasteiger partial charge in [0.15, 0.2) is 11.5 Å². The number of amides is 2. The molecule has 1 aromatic heterocycles. The highest BCUT2D eigenvalue weighted by Gasteiger charge is 2.46. The van der Waals surface area contributed by atoms with Crippen LogP contribution in [0.3, 0.4) is 0 Å². The first-order valence-electron chi connectivity index (χ1n) is 12.5. The Morgan fingerprint density at radius 1 is 1.05 bits per heavy atom. The molecule has 3 aromatic rings. The van der Waals surface area contributed by atoms with E-state index in [2.05, 4.69) is 15.6 Å². The zero-order chi connectivity index (χ0) is 26.1. The smallest absolute Gasteiger partial charge is 0.255 e. The van der Waals surface area contributed by atoms with Gasteiger partial charge in [0, 0.05) is 41.7 Å². The second-order valence-electron chi connectivity index (χ2n) is 9.52. The summed E-state index contributed by atoms with van der Waals surface area (Å²) < 4.78 is 22.9. The van der Waals surface area contributed by atoms with Gasteiger partial charge in [-0.2, -0.15) is 0 Å². The van der Waals surface area contributed by atoms with Crippen LogP contribution in [0.2, 0.25) is 0 Å². The Balaban J connectivity index is 1.13. The van der Waals surface area contributed by atoms with Gasteiger partial charge in [-0.05, 0) is 54.4 Å². The fourth-order valence-electron chi connectivity index (χ4n) is 5.19. The summed E-state index contributed by atoms with van der Waals surface area (Å²) in [4.78, 5) is 29.6. The lowest BCUT2D eigenvalue weighted by molar-refractivity contribution is -0.142. The lowest BCUT2D eigenvalue weighted by atomic mass is 9.84. The van der Waals surface area contributed by atoms with Gasteiger partial charge in [0.2, 0.25) is 12.7 Å². The summed E-state index contributed by atoms with van der Waals surface area (Å²) >= 11 is 0. The number of aliphatic hydroxyl groups is 1. The molecule has 4 heterocycles. The zero-order valence-electron chi connectivity index (χ0n) is 20.5. The van der Waals surface area contributed by atoms with Crippen LogP contribution in [0, 0.1) is 0 Å². The van der Waals surface area contributed by atoms with E-state index in [0.29, 0.717) is 41.5 Å². The summed E-state index contributed by atoms with van der Waals surface area (Å²) in [6, 6.07) is 14.2. The van der Waals surface area contributed by atoms with Crippen molar-refractivity contribution in [3.63, 3.8) is 0 Å². The van der Waals surface area contributed by atoms with E-state index in [1.165, 1.54) is 0 Å². The second-order valence-corrected chi connectivity index (χ2v) is 9.52. The van der Waals surface area contributed by atoms with Gasteiger partial charge in [-0.15, -0.1) is 0 Å². The van der Waals surface area contributed by atoms with Crippen molar-refractivity contribution in [1.82, 2.24) is 10.3 Å². The van der Waals surface area contributed by atoms with Gasteiger partial charge in [-0.1, -0.05) is 6.07 Å². The molecule has 196 valence electrons. The van der Waals surface area contributed by atoms with E-state index >= 15 is 0 Å². The molecule has 10 heteroatoms. The lowest BCUT2D eigenvalue weighted by Gasteiger charge is -2.37. The van der Waals surface area contributed by atoms with Crippen molar-refractivity contribution in [1.29, 1.82) is 0 Å². The molecular weight excluding hydrogens is 490 g/mol. The van der Waals surface area contributed by atoms with Gasteiger partial charge in [0.1, 0.15) is 18.0 Å². The Labute approximate surface area is 218 Å². The molecule has 0 unspecified atom stereocenters. The molecule has 1 fully saturated rings. The molecule has 2 amide bonds. The van der Waals surface area contributed by atoms with E-state index < -0.39 is 6.10 Å². The Kier molecular flexibility index (Phi) is 6.57. The molecule has 38 heavy (non-hydrogen) atoms. The third-order valence-electron chi connectivity index (χ3n) is 7.02. The first kappa shape index (κ1) is 24.2. The minimum Gasteiger partial charge on any atom is -0.487 e. The van der Waals surface area contributed by atoms with E-state index in [1.807, 2.05) is 24.3 Å². The zero-order valence-corrected chi connectivity index (χ0v) is 20.5. The number of anilines is 1. The number of nitrogens with one attached hydrogen (secondary N) is 2. The number of aliphatic hydroxyl groups excluding tert-OH is 1. The summed E-state index contributed by atoms with van der Waals surface area (Å²) in [5, 5.41) is 15.8. The molecule has 2 aromatic carbocycles. The van der Waals surface area contributed by atoms with E-state index in [4.69, 9.17) is 18.9 Å². The van der Waals surface area contributed by atoms with Crippen LogP contribution in [0.5, 0.6) is 17.2 Å². The van der Waals surface area contributed by atoms with Crippen molar-refractivity contribution >= 4 is 17.5 Å². The van der Waals surface area contributed by atoms with Crippen LogP contribution in [-0.4, -0.2) is 53.6 Å². The number of fused-ring (bicyclic) bond motifs is 4. The quantitative estimate of drug-likeness (QED) is 0.437. The van der Waals surface area contributed by atoms with Crippen LogP contribution in [0.4, 0.5) is 5.69 Å². The summed E-state index contributed by atoms with van der Waals surface area (Å²) in [5.74, 6) is 1.33. The number of carbonyl (C=O) groups is 2. The minimum absolute atomic E-state index is 0.0885. The van der Waals surface area contributed by atoms with Gasteiger partial charge in [-0.3, -0.25) is 14.6 Å². The third-order valence-corrected chi connectivity index (χ3v) is 7.02. The predicted octanol–water partition coefficient (Wildman–Crippen LogP) is 2.76. The van der Waals surface area contributed by atoms with Crippen molar-refractivity contribution in [3.05, 3.63) is 77.6 Å². The normalized spacial score (nSPS) is 22.7. The predicted molar refractivity (Wildman–Crippen MR) is 135 cm³/mol. The van der Waals surface area contributed by atoms with Crippen molar-refractivity contribution in [2.75, 3.05) is 18.7 Å². The minimum atomic E-state index is -0.566. The highest BCUT2D eigenvalue weighted by Crippen LogP contribution is 2.47. The summed E-state index contributed by atoms with van der Waals surface area (Å²) in [6.07, 6.45) is 2.78. The largest absolute Gasteiger partial charge is 0.487 e. The van der Waals surface area contributed by atoms with Crippen LogP contribution in [0.25, 0.3) is 0 Å². The van der Waals surface area contributed by atoms with E-state index in [0.717, 1.165) is 11.1 Å². The van der Waals surface area contributed by atoms with E-state index in [1.54, 1.807) is 36.7 Å². The number of benzene rings is 2. The Hall–Kier alpha value is -4.15. The molecule has 3 aliphatic heterocycles. The maximum absolute atomic E-state index is 12.9. The number of carbonyl (C=O) groups excluding carboxylic acids is 2. The second kappa shape index (κ2) is 10.3. The van der Waals surface area contributed by atoms with E-state index in [-0.39, 0.29) is 49.8 Å². The molecule has 0 bridgehead atoms. The molecule has 3 N–H and O–H groups in total. The SMILES string of the molecule is O=C(C[C@@H]1C[C@H]2c3cc(NC(=O)c4ccc5c(c4)OCO5)ccc3O[C@H]2[C@@H](CO)O1)NCc1cccnc1. The van der Waals surface area contributed by atoms with Crippen molar-refractivity contribution < 1.29 is 33.6 Å². The van der Waals surface area contributed by atoms with Gasteiger partial charge < -0.3 is 34.7 Å². The third kappa shape index (κ3) is 4.88. The maximum Gasteiger partial charge on any atom is 0.255 e. The average molecular weight is 518 g/mol. The van der Waals surface area contributed by atoms with Gasteiger partial charge in [-0.25, -0.2) is 0 Å². The highest BCUT2D eigenvalue weighted by molar-refractivity contribution is 6.04. The monoisotopic (exact) mass is 517 g/mol. The Morgan fingerprint density at radius 2 is 1.92 bits per heavy atom. The number of rotatable bonds is 7. The number of nitrogens with zero attached hydrogens (tertiary/aromatic N) is 1. The molecule has 0 aliphatic carbocycles. The number of hydrogen-bond donors (Lipinski definition) is 3. The fourth-order valence-corrected chi connectivity index (χ4v) is 5.19. The average Bonchev–Trinajstić information content (AvgIpc) is 3.56. The van der Waals surface area contributed by atoms with Crippen LogP contribution < -0.4 is 24.8 Å². The summed E-state index contributed by atoms with van der Waals surface area (Å²) in [7, 11) is 0. The standard InChI is InChI=1S/C28H27N3O7/c32-14-25-27-21(10-19(37-25)11-26(33)30-13-16-2-1-7-29-12-16)20-9-18(4-6-22(20)38-27)31-28(34)17-3-5-23-24(8-17)36-15-35-23/h1-9,12,19,21,25,27,32H,10-11,13-15H2,(H,30,33)(H,31,34)/t19-,21-,25+,27+/m0/s1. The molecule has 4 atom stereocenters. The summed E-state index contributed by atoms with van der Waals surface area (Å²) in [6.45, 7) is 0.295. The lowest BCUT2D eigenvalue weighted by Crippen LogP contribution is -2.47. The first-order valence-corrected chi connectivity index (χ1v) is 12.5. The van der Waals surface area contributed by atoms with Gasteiger partial charge in [0.25, 0.3) is 5.91 Å². The Morgan fingerprint density at radius 3 is 2.76 bits per heavy atom. The molecule has 1 saturated heterocycles. The van der Waals surface area contributed by atoms with Crippen LogP contribution in [-0.2, 0) is 16.1 Å². The molecular formula is C28H27N3O7. The van der Waals surface area contributed by atoms with Crippen LogP contribution in [0.15, 0.2) is 60.9 Å². The van der Waals surface area contributed by atoms with Crippen molar-refractivity contribution in [3.8, 4) is 17.2 Å². The maximum atomic E-state index is 12.9. The van der Waals surface area contributed by atoms with Crippen LogP contribution >= 0.6 is 0 Å². The van der Waals surface area contributed by atoms with Crippen molar-refractivity contribution in [2.24, 2.45) is 0 Å². The number of ether oxygens (including phenoxy) is 4. The van der Waals surface area contributed by atoms with Gasteiger partial charge >= 0.3 is 0 Å². The number of pyridine rings is 1. The molecule has 0 saturated carbocycles. The molecule has 3 aliphatic rings. The highest BCUT2D eigenvalue weighted by atomic mass is 16.7. The summed E-state index contributed by atoms with van der Waals surface area (Å²) in [5.41, 5.74) is 2.90. The number of hydrogen-bond acceptors (Lipinski definition) is 8. The van der Waals surface area contributed by atoms with E-state index in [9.17, 15) is 14.7 Å². The number of aromatic nitrogens is 1. The topological polar surface area (TPSA) is 128 Å². The first-order chi connectivity index (χ1) is 18.6. The van der Waals surface area contributed by atoms with Crippen molar-refractivity contribution in [2.45, 2.75) is 43.6 Å². The molecule has 0 radical (unpaired) electrons.